The van der Waals surface area contributed by atoms with Gasteiger partial charge >= 0.3 is 5.97 Å². The van der Waals surface area contributed by atoms with E-state index in [9.17, 15) is 4.79 Å². The Bertz CT molecular complexity index is 353. The first-order valence-electron chi connectivity index (χ1n) is 7.64. The summed E-state index contributed by atoms with van der Waals surface area (Å²) < 4.78 is 15.1. The van der Waals surface area contributed by atoms with E-state index >= 15 is 0 Å². The minimum atomic E-state index is -0.271. The molecule has 0 atom stereocenters. The van der Waals surface area contributed by atoms with Crippen molar-refractivity contribution in [1.29, 1.82) is 0 Å². The predicted octanol–water partition coefficient (Wildman–Crippen LogP) is 2.56. The molecule has 5 heteroatoms. The SMILES string of the molecule is CCCCOCCOCCOC(C)=O.OCc1ccccc1. The molecule has 0 aliphatic heterocycles. The van der Waals surface area contributed by atoms with E-state index in [1.807, 2.05) is 30.3 Å². The van der Waals surface area contributed by atoms with Crippen molar-refractivity contribution in [3.05, 3.63) is 35.9 Å². The maximum Gasteiger partial charge on any atom is 0.302 e. The van der Waals surface area contributed by atoms with Gasteiger partial charge in [0, 0.05) is 13.5 Å². The minimum absolute atomic E-state index is 0.140. The third kappa shape index (κ3) is 15.0. The zero-order chi connectivity index (χ0) is 16.5. The Morgan fingerprint density at radius 3 is 2.09 bits per heavy atom. The van der Waals surface area contributed by atoms with Crippen LogP contribution in [-0.4, -0.2) is 44.1 Å². The van der Waals surface area contributed by atoms with Gasteiger partial charge < -0.3 is 19.3 Å². The second-order valence-electron chi connectivity index (χ2n) is 4.56. The zero-order valence-electron chi connectivity index (χ0n) is 13.6. The van der Waals surface area contributed by atoms with Gasteiger partial charge in [0.2, 0.25) is 0 Å². The summed E-state index contributed by atoms with van der Waals surface area (Å²) in [5.74, 6) is -0.271. The van der Waals surface area contributed by atoms with Gasteiger partial charge in [0.25, 0.3) is 0 Å². The largest absolute Gasteiger partial charge is 0.463 e. The Labute approximate surface area is 133 Å². The maximum atomic E-state index is 10.3. The fourth-order valence-electron chi connectivity index (χ4n) is 1.40. The zero-order valence-corrected chi connectivity index (χ0v) is 13.6. The molecule has 0 radical (unpaired) electrons. The number of esters is 1. The highest BCUT2D eigenvalue weighted by Crippen LogP contribution is 1.95. The van der Waals surface area contributed by atoms with Crippen LogP contribution in [0.1, 0.15) is 32.3 Å². The fraction of sp³-hybridized carbons (Fsp3) is 0.588. The molecule has 0 aliphatic carbocycles. The van der Waals surface area contributed by atoms with E-state index in [4.69, 9.17) is 14.6 Å². The Morgan fingerprint density at radius 2 is 1.59 bits per heavy atom. The standard InChI is InChI=1S/C10H20O4.C7H8O/c1-3-4-5-12-6-7-13-8-9-14-10(2)11;8-6-7-4-2-1-3-5-7/h3-9H2,1-2H3;1-5,8H,6H2. The predicted molar refractivity (Wildman–Crippen MR) is 85.5 cm³/mol. The minimum Gasteiger partial charge on any atom is -0.463 e. The van der Waals surface area contributed by atoms with Gasteiger partial charge in [-0.2, -0.15) is 0 Å². The molecule has 0 unspecified atom stereocenters. The van der Waals surface area contributed by atoms with E-state index in [-0.39, 0.29) is 12.6 Å². The van der Waals surface area contributed by atoms with Crippen molar-refractivity contribution in [2.45, 2.75) is 33.3 Å². The number of aliphatic hydroxyl groups excluding tert-OH is 1. The van der Waals surface area contributed by atoms with Crippen LogP contribution >= 0.6 is 0 Å². The van der Waals surface area contributed by atoms with Gasteiger partial charge in [0.1, 0.15) is 6.61 Å². The molecule has 22 heavy (non-hydrogen) atoms. The van der Waals surface area contributed by atoms with Crippen LogP contribution in [-0.2, 0) is 25.6 Å². The van der Waals surface area contributed by atoms with E-state index < -0.39 is 0 Å². The molecule has 1 aromatic rings. The van der Waals surface area contributed by atoms with Crippen LogP contribution in [0.3, 0.4) is 0 Å². The van der Waals surface area contributed by atoms with E-state index in [0.717, 1.165) is 25.0 Å². The molecule has 0 amide bonds. The summed E-state index contributed by atoms with van der Waals surface area (Å²) in [6.07, 6.45) is 2.24. The lowest BCUT2D eigenvalue weighted by molar-refractivity contribution is -0.142. The second-order valence-corrected chi connectivity index (χ2v) is 4.56. The van der Waals surface area contributed by atoms with Gasteiger partial charge in [0.05, 0.1) is 26.4 Å². The molecule has 0 aliphatic rings. The summed E-state index contributed by atoms with van der Waals surface area (Å²) in [7, 11) is 0. The summed E-state index contributed by atoms with van der Waals surface area (Å²) >= 11 is 0. The van der Waals surface area contributed by atoms with Crippen molar-refractivity contribution in [3.63, 3.8) is 0 Å². The lowest BCUT2D eigenvalue weighted by Gasteiger charge is -2.05. The van der Waals surface area contributed by atoms with E-state index in [2.05, 4.69) is 11.7 Å². The second kappa shape index (κ2) is 15.9. The van der Waals surface area contributed by atoms with Crippen LogP contribution in [0.15, 0.2) is 30.3 Å². The van der Waals surface area contributed by atoms with E-state index in [1.54, 1.807) is 0 Å². The van der Waals surface area contributed by atoms with Gasteiger partial charge in [0.15, 0.2) is 0 Å². The molecular weight excluding hydrogens is 284 g/mol. The highest BCUT2D eigenvalue weighted by atomic mass is 16.6. The molecular formula is C17H28O5. The van der Waals surface area contributed by atoms with Crippen molar-refractivity contribution < 1.29 is 24.1 Å². The van der Waals surface area contributed by atoms with Gasteiger partial charge in [-0.05, 0) is 12.0 Å². The molecule has 0 fully saturated rings. The van der Waals surface area contributed by atoms with Crippen LogP contribution in [0, 0.1) is 0 Å². The molecule has 1 aromatic carbocycles. The Morgan fingerprint density at radius 1 is 1.00 bits per heavy atom. The van der Waals surface area contributed by atoms with Crippen molar-refractivity contribution in [1.82, 2.24) is 0 Å². The molecule has 0 saturated heterocycles. The maximum absolute atomic E-state index is 10.3. The summed E-state index contributed by atoms with van der Waals surface area (Å²) in [5.41, 5.74) is 0.965. The lowest BCUT2D eigenvalue weighted by atomic mass is 10.2. The number of rotatable bonds is 10. The summed E-state index contributed by atoms with van der Waals surface area (Å²) in [6.45, 7) is 6.38. The average Bonchev–Trinajstić information content (AvgIpc) is 2.54. The van der Waals surface area contributed by atoms with E-state index in [1.165, 1.54) is 6.92 Å². The molecule has 5 nitrogen and oxygen atoms in total. The van der Waals surface area contributed by atoms with Crippen LogP contribution in [0.5, 0.6) is 0 Å². The normalized spacial score (nSPS) is 9.77. The van der Waals surface area contributed by atoms with Gasteiger partial charge in [-0.1, -0.05) is 43.7 Å². The molecule has 126 valence electrons. The first kappa shape index (κ1) is 20.6. The third-order valence-electron chi connectivity index (χ3n) is 2.57. The number of benzene rings is 1. The topological polar surface area (TPSA) is 65.0 Å². The molecule has 0 spiro atoms. The smallest absolute Gasteiger partial charge is 0.302 e. The fourth-order valence-corrected chi connectivity index (χ4v) is 1.40. The first-order valence-corrected chi connectivity index (χ1v) is 7.64. The molecule has 1 N–H and O–H groups in total. The Balaban J connectivity index is 0.000000461. The third-order valence-corrected chi connectivity index (χ3v) is 2.57. The summed E-state index contributed by atoms with van der Waals surface area (Å²) in [6, 6.07) is 9.52. The number of unbranched alkanes of at least 4 members (excludes halogenated alkanes) is 1. The van der Waals surface area contributed by atoms with Crippen LogP contribution in [0.2, 0.25) is 0 Å². The summed E-state index contributed by atoms with van der Waals surface area (Å²) in [4.78, 5) is 10.3. The van der Waals surface area contributed by atoms with Gasteiger partial charge in [-0.25, -0.2) is 0 Å². The number of ether oxygens (including phenoxy) is 3. The van der Waals surface area contributed by atoms with Crippen molar-refractivity contribution in [2.75, 3.05) is 33.0 Å². The Kier molecular flexibility index (Phi) is 14.9. The molecule has 0 aromatic heterocycles. The highest BCUT2D eigenvalue weighted by molar-refractivity contribution is 5.65. The van der Waals surface area contributed by atoms with Gasteiger partial charge in [-0.15, -0.1) is 0 Å². The average molecular weight is 312 g/mol. The molecule has 0 bridgehead atoms. The molecule has 1 rings (SSSR count). The van der Waals surface area contributed by atoms with Gasteiger partial charge in [-0.3, -0.25) is 4.79 Å². The number of hydrogen-bond acceptors (Lipinski definition) is 5. The van der Waals surface area contributed by atoms with Crippen LogP contribution in [0.4, 0.5) is 0 Å². The monoisotopic (exact) mass is 312 g/mol. The van der Waals surface area contributed by atoms with Crippen molar-refractivity contribution in [3.8, 4) is 0 Å². The highest BCUT2D eigenvalue weighted by Gasteiger charge is 1.93. The quantitative estimate of drug-likeness (QED) is 0.531. The van der Waals surface area contributed by atoms with Crippen molar-refractivity contribution in [2.24, 2.45) is 0 Å². The number of hydrogen-bond donors (Lipinski definition) is 1. The number of carbonyl (C=O) groups is 1. The summed E-state index contributed by atoms with van der Waals surface area (Å²) in [5, 5.41) is 8.54. The number of aliphatic hydroxyl groups is 1. The number of carbonyl (C=O) groups excluding carboxylic acids is 1. The van der Waals surface area contributed by atoms with Crippen molar-refractivity contribution >= 4 is 5.97 Å². The van der Waals surface area contributed by atoms with Crippen LogP contribution in [0.25, 0.3) is 0 Å². The Hall–Kier alpha value is -1.43. The lowest BCUT2D eigenvalue weighted by Crippen LogP contribution is -2.11. The molecule has 0 heterocycles. The first-order chi connectivity index (χ1) is 10.7. The van der Waals surface area contributed by atoms with Crippen LogP contribution < -0.4 is 0 Å². The van der Waals surface area contributed by atoms with E-state index in [0.29, 0.717) is 26.4 Å². The molecule has 0 saturated carbocycles.